The van der Waals surface area contributed by atoms with E-state index < -0.39 is 5.97 Å². The molecular formula is C28H25ClN2O2S. The zero-order valence-corrected chi connectivity index (χ0v) is 20.6. The Balaban J connectivity index is 1.58. The molecule has 0 amide bonds. The summed E-state index contributed by atoms with van der Waals surface area (Å²) < 4.78 is 5.79. The highest BCUT2D eigenvalue weighted by atomic mass is 35.5. The van der Waals surface area contributed by atoms with E-state index in [1.165, 1.54) is 22.9 Å². The largest absolute Gasteiger partial charge is 0.462 e. The summed E-state index contributed by atoms with van der Waals surface area (Å²) in [5, 5.41) is 1.17. The minimum Gasteiger partial charge on any atom is -0.462 e. The fourth-order valence-electron chi connectivity index (χ4n) is 3.97. The zero-order valence-electron chi connectivity index (χ0n) is 19.1. The molecular weight excluding hydrogens is 464 g/mol. The molecule has 0 saturated heterocycles. The average Bonchev–Trinajstić information content (AvgIpc) is 2.87. The smallest absolute Gasteiger partial charge is 0.342 e. The van der Waals surface area contributed by atoms with Gasteiger partial charge in [0.25, 0.3) is 0 Å². The molecule has 0 aliphatic heterocycles. The van der Waals surface area contributed by atoms with E-state index >= 15 is 0 Å². The van der Waals surface area contributed by atoms with Gasteiger partial charge in [0.05, 0.1) is 18.0 Å². The number of ether oxygens (including phenoxy) is 1. The SMILES string of the molecule is CSc1nc(C)c(C(=O)OCCC(c2ccccc2)c2ccccc2)c(-c2cccc(Cl)c2)n1. The van der Waals surface area contributed by atoms with Crippen LogP contribution in [0.2, 0.25) is 5.02 Å². The number of benzene rings is 3. The first-order valence-electron chi connectivity index (χ1n) is 11.0. The third kappa shape index (κ3) is 5.66. The number of carbonyl (C=O) groups is 1. The zero-order chi connectivity index (χ0) is 23.9. The van der Waals surface area contributed by atoms with Gasteiger partial charge >= 0.3 is 5.97 Å². The molecule has 0 aliphatic rings. The molecule has 0 spiro atoms. The summed E-state index contributed by atoms with van der Waals surface area (Å²) in [5.41, 5.74) is 4.62. The lowest BCUT2D eigenvalue weighted by Crippen LogP contribution is -2.14. The number of hydrogen-bond donors (Lipinski definition) is 0. The van der Waals surface area contributed by atoms with E-state index in [0.717, 1.165) is 5.56 Å². The molecule has 0 aliphatic carbocycles. The van der Waals surface area contributed by atoms with E-state index in [2.05, 4.69) is 34.2 Å². The second kappa shape index (κ2) is 11.3. The molecule has 0 unspecified atom stereocenters. The predicted molar refractivity (Wildman–Crippen MR) is 139 cm³/mol. The van der Waals surface area contributed by atoms with Crippen LogP contribution in [0.4, 0.5) is 0 Å². The maximum atomic E-state index is 13.3. The summed E-state index contributed by atoms with van der Waals surface area (Å²) in [6.07, 6.45) is 2.57. The summed E-state index contributed by atoms with van der Waals surface area (Å²) in [4.78, 5) is 22.3. The molecule has 4 nitrogen and oxygen atoms in total. The number of hydrogen-bond acceptors (Lipinski definition) is 5. The first kappa shape index (κ1) is 24.0. The molecule has 34 heavy (non-hydrogen) atoms. The Morgan fingerprint density at radius 2 is 1.59 bits per heavy atom. The number of halogens is 1. The molecule has 0 saturated carbocycles. The monoisotopic (exact) mass is 488 g/mol. The summed E-state index contributed by atoms with van der Waals surface area (Å²) >= 11 is 7.64. The van der Waals surface area contributed by atoms with Gasteiger partial charge in [-0.3, -0.25) is 0 Å². The highest BCUT2D eigenvalue weighted by Gasteiger charge is 2.22. The van der Waals surface area contributed by atoms with Crippen molar-refractivity contribution in [3.63, 3.8) is 0 Å². The third-order valence-electron chi connectivity index (χ3n) is 5.60. The van der Waals surface area contributed by atoms with Gasteiger partial charge in [-0.05, 0) is 42.9 Å². The van der Waals surface area contributed by atoms with E-state index in [1.54, 1.807) is 12.1 Å². The average molecular weight is 489 g/mol. The molecule has 0 bridgehead atoms. The van der Waals surface area contributed by atoms with Crippen LogP contribution in [0.5, 0.6) is 0 Å². The van der Waals surface area contributed by atoms with Gasteiger partial charge in [0.15, 0.2) is 5.16 Å². The fourth-order valence-corrected chi connectivity index (χ4v) is 4.57. The molecule has 172 valence electrons. The molecule has 1 aromatic heterocycles. The van der Waals surface area contributed by atoms with Crippen molar-refractivity contribution in [2.75, 3.05) is 12.9 Å². The summed E-state index contributed by atoms with van der Waals surface area (Å²) in [6, 6.07) is 27.9. The van der Waals surface area contributed by atoms with Crippen LogP contribution in [0.1, 0.15) is 39.5 Å². The minimum atomic E-state index is -0.431. The first-order chi connectivity index (χ1) is 16.6. The Kier molecular flexibility index (Phi) is 7.99. The van der Waals surface area contributed by atoms with Crippen LogP contribution >= 0.6 is 23.4 Å². The molecule has 0 N–H and O–H groups in total. The molecule has 0 radical (unpaired) electrons. The van der Waals surface area contributed by atoms with E-state index in [1.807, 2.05) is 61.7 Å². The van der Waals surface area contributed by atoms with Gasteiger partial charge in [-0.25, -0.2) is 14.8 Å². The lowest BCUT2D eigenvalue weighted by atomic mass is 9.89. The lowest BCUT2D eigenvalue weighted by molar-refractivity contribution is 0.0495. The quantitative estimate of drug-likeness (QED) is 0.149. The highest BCUT2D eigenvalue weighted by Crippen LogP contribution is 2.30. The number of nitrogens with zero attached hydrogens (tertiary/aromatic N) is 2. The standard InChI is InChI=1S/C28H25ClN2O2S/c1-19-25(26(31-28(30-19)34-2)22-14-9-15-23(29)18-22)27(32)33-17-16-24(20-10-5-3-6-11-20)21-12-7-4-8-13-21/h3-15,18,24H,16-17H2,1-2H3. The topological polar surface area (TPSA) is 52.1 Å². The number of thioether (sulfide) groups is 1. The van der Waals surface area contributed by atoms with Gasteiger partial charge in [0.2, 0.25) is 0 Å². The van der Waals surface area contributed by atoms with Gasteiger partial charge in [0, 0.05) is 16.5 Å². The second-order valence-corrected chi connectivity index (χ2v) is 9.04. The molecule has 4 rings (SSSR count). The van der Waals surface area contributed by atoms with Crippen molar-refractivity contribution >= 4 is 29.3 Å². The Morgan fingerprint density at radius 3 is 2.18 bits per heavy atom. The Labute approximate surface area is 209 Å². The number of esters is 1. The summed E-state index contributed by atoms with van der Waals surface area (Å²) in [6.45, 7) is 2.08. The minimum absolute atomic E-state index is 0.124. The number of aryl methyl sites for hydroxylation is 1. The molecule has 6 heteroatoms. The molecule has 4 aromatic rings. The van der Waals surface area contributed by atoms with Crippen LogP contribution in [0.15, 0.2) is 90.1 Å². The molecule has 3 aromatic carbocycles. The van der Waals surface area contributed by atoms with Crippen LogP contribution < -0.4 is 0 Å². The van der Waals surface area contributed by atoms with Crippen LogP contribution in [0.25, 0.3) is 11.3 Å². The van der Waals surface area contributed by atoms with Crippen molar-refractivity contribution in [3.8, 4) is 11.3 Å². The maximum Gasteiger partial charge on any atom is 0.342 e. The maximum absolute atomic E-state index is 13.3. The highest BCUT2D eigenvalue weighted by molar-refractivity contribution is 7.98. The van der Waals surface area contributed by atoms with E-state index in [-0.39, 0.29) is 12.5 Å². The first-order valence-corrected chi connectivity index (χ1v) is 12.6. The van der Waals surface area contributed by atoms with Crippen molar-refractivity contribution in [2.45, 2.75) is 24.4 Å². The number of carbonyl (C=O) groups excluding carboxylic acids is 1. The number of rotatable bonds is 8. The van der Waals surface area contributed by atoms with Crippen molar-refractivity contribution in [2.24, 2.45) is 0 Å². The second-order valence-electron chi connectivity index (χ2n) is 7.83. The van der Waals surface area contributed by atoms with E-state index in [0.29, 0.717) is 33.6 Å². The van der Waals surface area contributed by atoms with Crippen LogP contribution in [-0.4, -0.2) is 28.8 Å². The molecule has 1 heterocycles. The van der Waals surface area contributed by atoms with Gasteiger partial charge in [-0.1, -0.05) is 96.2 Å². The van der Waals surface area contributed by atoms with Crippen molar-refractivity contribution in [1.29, 1.82) is 0 Å². The van der Waals surface area contributed by atoms with Gasteiger partial charge < -0.3 is 4.74 Å². The Hall–Kier alpha value is -3.15. The van der Waals surface area contributed by atoms with Crippen LogP contribution in [0, 0.1) is 6.92 Å². The summed E-state index contributed by atoms with van der Waals surface area (Å²) in [5.74, 6) is -0.307. The van der Waals surface area contributed by atoms with Gasteiger partial charge in [-0.15, -0.1) is 0 Å². The third-order valence-corrected chi connectivity index (χ3v) is 6.38. The normalized spacial score (nSPS) is 10.9. The predicted octanol–water partition coefficient (Wildman–Crippen LogP) is 7.21. The van der Waals surface area contributed by atoms with Crippen molar-refractivity contribution < 1.29 is 9.53 Å². The Bertz CT molecular complexity index is 1230. The fraction of sp³-hybridized carbons (Fsp3) is 0.179. The van der Waals surface area contributed by atoms with E-state index in [9.17, 15) is 4.79 Å². The van der Waals surface area contributed by atoms with E-state index in [4.69, 9.17) is 16.3 Å². The van der Waals surface area contributed by atoms with Crippen LogP contribution in [0.3, 0.4) is 0 Å². The van der Waals surface area contributed by atoms with Crippen molar-refractivity contribution in [3.05, 3.63) is 112 Å². The van der Waals surface area contributed by atoms with Crippen LogP contribution in [-0.2, 0) is 4.74 Å². The van der Waals surface area contributed by atoms with Crippen molar-refractivity contribution in [1.82, 2.24) is 9.97 Å². The van der Waals surface area contributed by atoms with Gasteiger partial charge in [0.1, 0.15) is 5.56 Å². The van der Waals surface area contributed by atoms with Gasteiger partial charge in [-0.2, -0.15) is 0 Å². The molecule has 0 atom stereocenters. The lowest BCUT2D eigenvalue weighted by Gasteiger charge is -2.19. The molecule has 0 fully saturated rings. The Morgan fingerprint density at radius 1 is 0.941 bits per heavy atom. The number of aromatic nitrogens is 2. The summed E-state index contributed by atoms with van der Waals surface area (Å²) in [7, 11) is 0.